The second-order valence-corrected chi connectivity index (χ2v) is 7.90. The van der Waals surface area contributed by atoms with E-state index in [1.807, 2.05) is 6.92 Å². The molecule has 0 unspecified atom stereocenters. The normalized spacial score (nSPS) is 18.8. The fraction of sp³-hybridized carbons (Fsp3) is 0.500. The predicted octanol–water partition coefficient (Wildman–Crippen LogP) is 2.92. The van der Waals surface area contributed by atoms with E-state index in [4.69, 9.17) is 16.9 Å². The molecule has 27 heavy (non-hydrogen) atoms. The Hall–Kier alpha value is -2.70. The van der Waals surface area contributed by atoms with E-state index in [-0.39, 0.29) is 11.5 Å². The van der Waals surface area contributed by atoms with Crippen LogP contribution in [0, 0.1) is 17.7 Å². The Balaban J connectivity index is 1.53. The molecular weight excluding hydrogens is 338 g/mol. The van der Waals surface area contributed by atoms with E-state index in [9.17, 15) is 0 Å². The Kier molecular flexibility index (Phi) is 4.45. The minimum absolute atomic E-state index is 0.224. The van der Waals surface area contributed by atoms with Crippen LogP contribution in [0.4, 0.5) is 17.5 Å². The number of hydrogen-bond acceptors (Lipinski definition) is 7. The number of rotatable bonds is 3. The lowest BCUT2D eigenvalue weighted by atomic mass is 9.77. The molecule has 1 aliphatic heterocycles. The van der Waals surface area contributed by atoms with Gasteiger partial charge in [-0.3, -0.25) is 5.41 Å². The lowest BCUT2D eigenvalue weighted by Gasteiger charge is -2.39. The summed E-state index contributed by atoms with van der Waals surface area (Å²) in [6.45, 7) is 3.85. The van der Waals surface area contributed by atoms with Crippen molar-refractivity contribution in [2.45, 2.75) is 45.4 Å². The second-order valence-electron chi connectivity index (χ2n) is 7.90. The number of anilines is 3. The van der Waals surface area contributed by atoms with Crippen LogP contribution >= 0.6 is 0 Å². The van der Waals surface area contributed by atoms with E-state index in [1.165, 1.54) is 38.5 Å². The lowest BCUT2D eigenvalue weighted by Crippen LogP contribution is -2.39. The average Bonchev–Trinajstić information content (AvgIpc) is 3.12. The summed E-state index contributed by atoms with van der Waals surface area (Å²) >= 11 is 0. The zero-order valence-electron chi connectivity index (χ0n) is 15.8. The van der Waals surface area contributed by atoms with Crippen LogP contribution in [0.15, 0.2) is 18.5 Å². The maximum Gasteiger partial charge on any atom is 0.154 e. The predicted molar refractivity (Wildman–Crippen MR) is 108 cm³/mol. The first kappa shape index (κ1) is 17.7. The van der Waals surface area contributed by atoms with Crippen molar-refractivity contribution in [1.82, 2.24) is 15.0 Å². The fourth-order valence-corrected chi connectivity index (χ4v) is 4.52. The van der Waals surface area contributed by atoms with Crippen molar-refractivity contribution in [3.8, 4) is 0 Å². The molecule has 2 fully saturated rings. The maximum atomic E-state index is 8.49. The Morgan fingerprint density at radius 2 is 1.78 bits per heavy atom. The number of hydrogen-bond donors (Lipinski definition) is 3. The molecule has 1 aliphatic carbocycles. The van der Waals surface area contributed by atoms with Gasteiger partial charge < -0.3 is 16.4 Å². The summed E-state index contributed by atoms with van der Waals surface area (Å²) in [7, 11) is 0. The van der Waals surface area contributed by atoms with Gasteiger partial charge in [0.05, 0.1) is 11.9 Å². The van der Waals surface area contributed by atoms with Crippen molar-refractivity contribution >= 4 is 23.2 Å². The van der Waals surface area contributed by atoms with Crippen LogP contribution in [0.25, 0.3) is 0 Å². The van der Waals surface area contributed by atoms with Crippen LogP contribution in [0.3, 0.4) is 0 Å². The molecule has 3 heterocycles. The zero-order valence-corrected chi connectivity index (χ0v) is 15.8. The molecule has 1 saturated heterocycles. The van der Waals surface area contributed by atoms with Gasteiger partial charge in [-0.15, -0.1) is 0 Å². The summed E-state index contributed by atoms with van der Waals surface area (Å²) < 4.78 is 0. The molecule has 0 radical (unpaired) electrons. The summed E-state index contributed by atoms with van der Waals surface area (Å²) in [5.74, 6) is 1.51. The topological polar surface area (TPSA) is 118 Å². The molecule has 4 rings (SSSR count). The third-order valence-corrected chi connectivity index (χ3v) is 6.35. The summed E-state index contributed by atoms with van der Waals surface area (Å²) in [6.07, 6.45) is 11.3. The molecule has 7 nitrogen and oxygen atoms in total. The molecular formula is C20H27N7. The summed E-state index contributed by atoms with van der Waals surface area (Å²) in [5, 5.41) is 8.49. The number of nitrogen functional groups attached to an aromatic ring is 2. The molecule has 2 aromatic heterocycles. The van der Waals surface area contributed by atoms with Crippen molar-refractivity contribution in [1.29, 1.82) is 5.41 Å². The highest BCUT2D eigenvalue weighted by molar-refractivity contribution is 6.13. The summed E-state index contributed by atoms with van der Waals surface area (Å²) in [4.78, 5) is 15.4. The average molecular weight is 365 g/mol. The van der Waals surface area contributed by atoms with E-state index in [1.54, 1.807) is 18.5 Å². The van der Waals surface area contributed by atoms with Gasteiger partial charge in [0, 0.05) is 30.4 Å². The van der Waals surface area contributed by atoms with E-state index in [2.05, 4.69) is 19.9 Å². The molecule has 0 atom stereocenters. The van der Waals surface area contributed by atoms with E-state index in [0.29, 0.717) is 22.5 Å². The maximum absolute atomic E-state index is 8.49. The van der Waals surface area contributed by atoms with Crippen LogP contribution in [-0.2, 0) is 0 Å². The molecule has 2 aliphatic rings. The largest absolute Gasteiger partial charge is 0.383 e. The van der Waals surface area contributed by atoms with Gasteiger partial charge in [0.2, 0.25) is 0 Å². The van der Waals surface area contributed by atoms with Gasteiger partial charge in [-0.05, 0) is 44.1 Å². The summed E-state index contributed by atoms with van der Waals surface area (Å²) in [6, 6.07) is 1.76. The first-order valence-corrected chi connectivity index (χ1v) is 9.67. The highest BCUT2D eigenvalue weighted by Crippen LogP contribution is 2.46. The van der Waals surface area contributed by atoms with Crippen molar-refractivity contribution < 1.29 is 0 Å². The minimum Gasteiger partial charge on any atom is -0.383 e. The van der Waals surface area contributed by atoms with E-state index < -0.39 is 0 Å². The SMILES string of the molecule is Cc1c(C(=N)c2ncc(N3CCC4(CCCC4)CC3)nc2N)ccnc1N. The second kappa shape index (κ2) is 6.79. The Morgan fingerprint density at radius 1 is 1.07 bits per heavy atom. The number of nitrogens with one attached hydrogen (secondary N) is 1. The molecule has 5 N–H and O–H groups in total. The highest BCUT2D eigenvalue weighted by Gasteiger charge is 2.37. The van der Waals surface area contributed by atoms with Gasteiger partial charge in [-0.2, -0.15) is 0 Å². The lowest BCUT2D eigenvalue weighted by molar-refractivity contribution is 0.226. The number of aromatic nitrogens is 3. The standard InChI is InChI=1S/C20H27N7/c1-13-14(4-9-24-18(13)22)16(21)17-19(23)26-15(12-25-17)27-10-7-20(8-11-27)5-2-3-6-20/h4,9,12,21H,2-3,5-8,10-11H2,1H3,(H2,22,24)(H2,23,26). The third-order valence-electron chi connectivity index (χ3n) is 6.35. The minimum atomic E-state index is 0.224. The molecule has 0 bridgehead atoms. The monoisotopic (exact) mass is 365 g/mol. The van der Waals surface area contributed by atoms with Gasteiger partial charge in [-0.25, -0.2) is 15.0 Å². The van der Waals surface area contributed by atoms with Gasteiger partial charge in [0.15, 0.2) is 5.82 Å². The Morgan fingerprint density at radius 3 is 2.44 bits per heavy atom. The quantitative estimate of drug-likeness (QED) is 0.720. The number of pyridine rings is 1. The fourth-order valence-electron chi connectivity index (χ4n) is 4.52. The molecule has 0 aromatic carbocycles. The van der Waals surface area contributed by atoms with Crippen molar-refractivity contribution in [3.63, 3.8) is 0 Å². The van der Waals surface area contributed by atoms with Crippen LogP contribution in [0.2, 0.25) is 0 Å². The highest BCUT2D eigenvalue weighted by atomic mass is 15.2. The van der Waals surface area contributed by atoms with Gasteiger partial charge >= 0.3 is 0 Å². The van der Waals surface area contributed by atoms with Crippen LogP contribution in [0.5, 0.6) is 0 Å². The molecule has 2 aromatic rings. The van der Waals surface area contributed by atoms with Gasteiger partial charge in [-0.1, -0.05) is 12.8 Å². The number of piperidine rings is 1. The van der Waals surface area contributed by atoms with Crippen molar-refractivity contribution in [2.24, 2.45) is 5.41 Å². The van der Waals surface area contributed by atoms with E-state index in [0.717, 1.165) is 24.5 Å². The zero-order chi connectivity index (χ0) is 19.0. The molecule has 1 saturated carbocycles. The van der Waals surface area contributed by atoms with Crippen LogP contribution in [-0.4, -0.2) is 33.8 Å². The van der Waals surface area contributed by atoms with Crippen LogP contribution in [0.1, 0.15) is 55.3 Å². The molecule has 7 heteroatoms. The van der Waals surface area contributed by atoms with Crippen LogP contribution < -0.4 is 16.4 Å². The first-order valence-electron chi connectivity index (χ1n) is 9.67. The molecule has 0 amide bonds. The summed E-state index contributed by atoms with van der Waals surface area (Å²) in [5.41, 5.74) is 14.7. The first-order chi connectivity index (χ1) is 13.0. The third kappa shape index (κ3) is 3.22. The van der Waals surface area contributed by atoms with Gasteiger partial charge in [0.25, 0.3) is 0 Å². The van der Waals surface area contributed by atoms with Crippen molar-refractivity contribution in [2.75, 3.05) is 29.5 Å². The Bertz CT molecular complexity index is 861. The van der Waals surface area contributed by atoms with Crippen molar-refractivity contribution in [3.05, 3.63) is 35.3 Å². The molecule has 142 valence electrons. The van der Waals surface area contributed by atoms with Gasteiger partial charge in [0.1, 0.15) is 17.3 Å². The van der Waals surface area contributed by atoms with E-state index >= 15 is 0 Å². The number of nitrogens with zero attached hydrogens (tertiary/aromatic N) is 4. The Labute approximate surface area is 159 Å². The smallest absolute Gasteiger partial charge is 0.154 e. The number of nitrogens with two attached hydrogens (primary N) is 2. The molecule has 1 spiro atoms.